The summed E-state index contributed by atoms with van der Waals surface area (Å²) in [4.78, 5) is 24.1. The fourth-order valence-corrected chi connectivity index (χ4v) is 4.06. The van der Waals surface area contributed by atoms with Crippen molar-refractivity contribution in [3.05, 3.63) is 78.1 Å². The molecule has 8 heteroatoms. The number of para-hydroxylation sites is 1. The van der Waals surface area contributed by atoms with Gasteiger partial charge in [-0.2, -0.15) is 0 Å². The number of furan rings is 1. The second-order valence-corrected chi connectivity index (χ2v) is 8.08. The average Bonchev–Trinajstić information content (AvgIpc) is 3.46. The van der Waals surface area contributed by atoms with Crippen molar-refractivity contribution in [1.29, 1.82) is 0 Å². The molecule has 0 bridgehead atoms. The number of rotatable bonds is 8. The summed E-state index contributed by atoms with van der Waals surface area (Å²) in [6.07, 6.45) is 2.60. The Morgan fingerprint density at radius 1 is 1.00 bits per heavy atom. The minimum Gasteiger partial charge on any atom is -0.463 e. The molecule has 1 aliphatic heterocycles. The fourth-order valence-electron chi connectivity index (χ4n) is 4.06. The number of fused-ring (bicyclic) bond motifs is 1. The number of pyridine rings is 1. The zero-order valence-electron chi connectivity index (χ0n) is 18.4. The fraction of sp³-hybridized carbons (Fsp3) is 0.320. The molecule has 1 saturated heterocycles. The number of hydrogen-bond donors (Lipinski definition) is 1. The second-order valence-electron chi connectivity index (χ2n) is 8.08. The van der Waals surface area contributed by atoms with Crippen LogP contribution in [0.4, 0.5) is 0 Å². The maximum Gasteiger partial charge on any atom is 0.220 e. The van der Waals surface area contributed by atoms with Crippen LogP contribution in [0.2, 0.25) is 0 Å². The summed E-state index contributed by atoms with van der Waals surface area (Å²) < 4.78 is 13.3. The molecule has 4 heterocycles. The minimum atomic E-state index is -0.0410. The summed E-state index contributed by atoms with van der Waals surface area (Å²) in [5.41, 5.74) is 2.60. The monoisotopic (exact) mass is 445 g/mol. The lowest BCUT2D eigenvalue weighted by molar-refractivity contribution is -0.121. The summed E-state index contributed by atoms with van der Waals surface area (Å²) in [5.74, 6) is 2.44. The van der Waals surface area contributed by atoms with Gasteiger partial charge in [0, 0.05) is 37.8 Å². The number of amides is 1. The molecule has 5 rings (SSSR count). The van der Waals surface area contributed by atoms with E-state index in [0.29, 0.717) is 19.4 Å². The van der Waals surface area contributed by atoms with Crippen LogP contribution < -0.4 is 5.32 Å². The van der Waals surface area contributed by atoms with Gasteiger partial charge in [0.05, 0.1) is 26.3 Å². The van der Waals surface area contributed by atoms with Crippen LogP contribution in [-0.2, 0) is 29.0 Å². The van der Waals surface area contributed by atoms with Gasteiger partial charge in [-0.1, -0.05) is 18.2 Å². The van der Waals surface area contributed by atoms with Gasteiger partial charge in [-0.25, -0.2) is 9.97 Å². The van der Waals surface area contributed by atoms with Gasteiger partial charge in [-0.15, -0.1) is 0 Å². The summed E-state index contributed by atoms with van der Waals surface area (Å²) in [5, 5.41) is 2.96. The van der Waals surface area contributed by atoms with Crippen LogP contribution in [0.15, 0.2) is 65.2 Å². The van der Waals surface area contributed by atoms with Crippen molar-refractivity contribution in [1.82, 2.24) is 24.8 Å². The van der Waals surface area contributed by atoms with Gasteiger partial charge in [0.25, 0.3) is 0 Å². The molecule has 1 N–H and O–H groups in total. The van der Waals surface area contributed by atoms with Gasteiger partial charge in [-0.3, -0.25) is 14.3 Å². The quantitative estimate of drug-likeness (QED) is 0.449. The van der Waals surface area contributed by atoms with Crippen LogP contribution >= 0.6 is 0 Å². The van der Waals surface area contributed by atoms with E-state index in [9.17, 15) is 4.79 Å². The van der Waals surface area contributed by atoms with Crippen LogP contribution in [-0.4, -0.2) is 51.6 Å². The summed E-state index contributed by atoms with van der Waals surface area (Å²) in [7, 11) is 0. The maximum absolute atomic E-state index is 12.5. The van der Waals surface area contributed by atoms with Crippen molar-refractivity contribution in [3.8, 4) is 5.69 Å². The van der Waals surface area contributed by atoms with Crippen LogP contribution in [0, 0.1) is 0 Å². The molecule has 0 unspecified atom stereocenters. The summed E-state index contributed by atoms with van der Waals surface area (Å²) >= 11 is 0. The number of nitrogens with zero attached hydrogens (tertiary/aromatic N) is 4. The highest BCUT2D eigenvalue weighted by molar-refractivity contribution is 5.77. The Hall–Kier alpha value is -3.49. The van der Waals surface area contributed by atoms with Gasteiger partial charge in [0.2, 0.25) is 5.91 Å². The van der Waals surface area contributed by atoms with Crippen molar-refractivity contribution in [2.24, 2.45) is 0 Å². The molecule has 0 aliphatic carbocycles. The predicted octanol–water partition coefficient (Wildman–Crippen LogP) is 3.09. The highest BCUT2D eigenvalue weighted by Crippen LogP contribution is 2.20. The highest BCUT2D eigenvalue weighted by Gasteiger charge is 2.16. The Balaban J connectivity index is 1.19. The van der Waals surface area contributed by atoms with Crippen molar-refractivity contribution in [3.63, 3.8) is 0 Å². The Bertz CT molecular complexity index is 1210. The van der Waals surface area contributed by atoms with Gasteiger partial charge < -0.3 is 14.5 Å². The van der Waals surface area contributed by atoms with E-state index in [0.717, 1.165) is 67.0 Å². The third-order valence-corrected chi connectivity index (χ3v) is 5.74. The number of aromatic nitrogens is 3. The maximum atomic E-state index is 12.5. The molecule has 0 saturated carbocycles. The number of benzene rings is 1. The molecule has 0 atom stereocenters. The van der Waals surface area contributed by atoms with Gasteiger partial charge >= 0.3 is 0 Å². The van der Waals surface area contributed by atoms with Crippen LogP contribution in [0.3, 0.4) is 0 Å². The molecular weight excluding hydrogens is 418 g/mol. The molecule has 1 aliphatic rings. The first kappa shape index (κ1) is 21.4. The lowest BCUT2D eigenvalue weighted by atomic mass is 10.2. The molecule has 8 nitrogen and oxygen atoms in total. The molecular formula is C25H27N5O3. The average molecular weight is 446 g/mol. The normalized spacial score (nSPS) is 14.5. The topological polar surface area (TPSA) is 85.4 Å². The first-order chi connectivity index (χ1) is 16.3. The van der Waals surface area contributed by atoms with E-state index in [1.807, 2.05) is 59.2 Å². The van der Waals surface area contributed by atoms with Crippen molar-refractivity contribution in [2.75, 3.05) is 26.3 Å². The Morgan fingerprint density at radius 3 is 2.67 bits per heavy atom. The Labute approximate surface area is 192 Å². The van der Waals surface area contributed by atoms with E-state index in [4.69, 9.17) is 14.1 Å². The molecule has 3 aromatic heterocycles. The van der Waals surface area contributed by atoms with Gasteiger partial charge in [0.15, 0.2) is 5.65 Å². The SMILES string of the molecule is O=C(CCc1nc2cccnc2n1-c1ccccc1)NCc1ccc(CN2CCOCC2)o1. The second kappa shape index (κ2) is 9.97. The first-order valence-corrected chi connectivity index (χ1v) is 11.3. The molecule has 170 valence electrons. The van der Waals surface area contributed by atoms with E-state index in [-0.39, 0.29) is 5.91 Å². The zero-order chi connectivity index (χ0) is 22.5. The van der Waals surface area contributed by atoms with Crippen molar-refractivity contribution in [2.45, 2.75) is 25.9 Å². The molecule has 1 amide bonds. The van der Waals surface area contributed by atoms with Gasteiger partial charge in [0.1, 0.15) is 22.9 Å². The lowest BCUT2D eigenvalue weighted by Gasteiger charge is -2.25. The number of nitrogens with one attached hydrogen (secondary N) is 1. The predicted molar refractivity (Wildman–Crippen MR) is 124 cm³/mol. The smallest absolute Gasteiger partial charge is 0.220 e. The first-order valence-electron chi connectivity index (χ1n) is 11.3. The Kier molecular flexibility index (Phi) is 6.46. The van der Waals surface area contributed by atoms with Crippen LogP contribution in [0.25, 0.3) is 16.9 Å². The summed E-state index contributed by atoms with van der Waals surface area (Å²) in [6.45, 7) is 4.49. The number of morpholine rings is 1. The largest absolute Gasteiger partial charge is 0.463 e. The van der Waals surface area contributed by atoms with Crippen LogP contribution in [0.5, 0.6) is 0 Å². The third-order valence-electron chi connectivity index (χ3n) is 5.74. The number of carbonyl (C=O) groups excluding carboxylic acids is 1. The molecule has 1 aromatic carbocycles. The molecule has 1 fully saturated rings. The lowest BCUT2D eigenvalue weighted by Crippen LogP contribution is -2.35. The molecule has 33 heavy (non-hydrogen) atoms. The van der Waals surface area contributed by atoms with Crippen LogP contribution in [0.1, 0.15) is 23.8 Å². The highest BCUT2D eigenvalue weighted by atomic mass is 16.5. The number of hydrogen-bond acceptors (Lipinski definition) is 6. The number of imidazole rings is 1. The van der Waals surface area contributed by atoms with E-state index in [1.165, 1.54) is 0 Å². The van der Waals surface area contributed by atoms with E-state index < -0.39 is 0 Å². The Morgan fingerprint density at radius 2 is 1.82 bits per heavy atom. The number of aryl methyl sites for hydroxylation is 1. The minimum absolute atomic E-state index is 0.0410. The van der Waals surface area contributed by atoms with E-state index in [1.54, 1.807) is 6.20 Å². The number of carbonyl (C=O) groups is 1. The van der Waals surface area contributed by atoms with Crippen molar-refractivity contribution >= 4 is 17.1 Å². The van der Waals surface area contributed by atoms with Crippen molar-refractivity contribution < 1.29 is 13.9 Å². The zero-order valence-corrected chi connectivity index (χ0v) is 18.4. The summed E-state index contributed by atoms with van der Waals surface area (Å²) in [6, 6.07) is 17.7. The number of ether oxygens (including phenoxy) is 1. The third kappa shape index (κ3) is 5.13. The van der Waals surface area contributed by atoms with E-state index >= 15 is 0 Å². The molecule has 4 aromatic rings. The molecule has 0 radical (unpaired) electrons. The molecule has 0 spiro atoms. The standard InChI is InChI=1S/C25H27N5O3/c31-24(27-17-20-8-9-21(33-20)18-29-13-15-32-16-14-29)11-10-23-28-22-7-4-12-26-25(22)30(23)19-5-2-1-3-6-19/h1-9,12H,10-11,13-18H2,(H,27,31). The van der Waals surface area contributed by atoms with Gasteiger partial charge in [-0.05, 0) is 36.4 Å². The van der Waals surface area contributed by atoms with E-state index in [2.05, 4.69) is 15.2 Å².